The largest absolute Gasteiger partial charge is 0.314 e. The van der Waals surface area contributed by atoms with Crippen LogP contribution in [0.3, 0.4) is 0 Å². The minimum Gasteiger partial charge on any atom is -0.314 e. The van der Waals surface area contributed by atoms with Crippen LogP contribution >= 0.6 is 0 Å². The van der Waals surface area contributed by atoms with Gasteiger partial charge in [0.25, 0.3) is 0 Å². The molecule has 21 heavy (non-hydrogen) atoms. The third kappa shape index (κ3) is 4.71. The van der Waals surface area contributed by atoms with Crippen molar-refractivity contribution < 1.29 is 0 Å². The maximum Gasteiger partial charge on any atom is 0.0492 e. The summed E-state index contributed by atoms with van der Waals surface area (Å²) >= 11 is 0. The van der Waals surface area contributed by atoms with Crippen LogP contribution in [0.5, 0.6) is 0 Å². The van der Waals surface area contributed by atoms with E-state index in [2.05, 4.69) is 61.5 Å². The van der Waals surface area contributed by atoms with E-state index >= 15 is 0 Å². The van der Waals surface area contributed by atoms with E-state index in [1.807, 2.05) is 17.9 Å². The van der Waals surface area contributed by atoms with Gasteiger partial charge >= 0.3 is 0 Å². The number of rotatable bonds is 7. The van der Waals surface area contributed by atoms with Crippen molar-refractivity contribution in [2.75, 3.05) is 6.54 Å². The lowest BCUT2D eigenvalue weighted by Gasteiger charge is -2.20. The lowest BCUT2D eigenvalue weighted by atomic mass is 9.92. The number of hydrogen-bond donors (Lipinski definition) is 1. The summed E-state index contributed by atoms with van der Waals surface area (Å²) in [6, 6.07) is 11.5. The van der Waals surface area contributed by atoms with Crippen LogP contribution in [0.2, 0.25) is 0 Å². The molecule has 1 heterocycles. The highest BCUT2D eigenvalue weighted by molar-refractivity contribution is 5.26. The summed E-state index contributed by atoms with van der Waals surface area (Å²) in [6.07, 6.45) is 4.08. The van der Waals surface area contributed by atoms with Crippen LogP contribution in [0.25, 0.3) is 0 Å². The van der Waals surface area contributed by atoms with Gasteiger partial charge in [-0.05, 0) is 37.3 Å². The fraction of sp³-hybridized carbons (Fsp3) is 0.500. The predicted octanol–water partition coefficient (Wildman–Crippen LogP) is 3.44. The van der Waals surface area contributed by atoms with E-state index < -0.39 is 0 Å². The van der Waals surface area contributed by atoms with Crippen LogP contribution in [0.15, 0.2) is 36.5 Å². The molecule has 0 saturated heterocycles. The van der Waals surface area contributed by atoms with E-state index in [0.29, 0.717) is 12.0 Å². The van der Waals surface area contributed by atoms with Crippen molar-refractivity contribution in [2.45, 2.75) is 45.6 Å². The van der Waals surface area contributed by atoms with Gasteiger partial charge in [-0.1, -0.05) is 43.7 Å². The number of nitrogens with zero attached hydrogens (tertiary/aromatic N) is 2. The Hall–Kier alpha value is -1.61. The van der Waals surface area contributed by atoms with Crippen molar-refractivity contribution in [3.05, 3.63) is 53.3 Å². The lowest BCUT2D eigenvalue weighted by molar-refractivity contribution is 0.502. The summed E-state index contributed by atoms with van der Waals surface area (Å²) in [7, 11) is 2.02. The molecule has 2 rings (SSSR count). The average Bonchev–Trinajstić information content (AvgIpc) is 2.84. The van der Waals surface area contributed by atoms with Crippen LogP contribution in [0.4, 0.5) is 0 Å². The number of aryl methyl sites for hydroxylation is 3. The zero-order valence-corrected chi connectivity index (χ0v) is 13.6. The summed E-state index contributed by atoms with van der Waals surface area (Å²) in [5, 5.41) is 7.84. The summed E-state index contributed by atoms with van der Waals surface area (Å²) < 4.78 is 1.98. The molecule has 0 amide bonds. The number of aromatic nitrogens is 2. The zero-order chi connectivity index (χ0) is 15.2. The van der Waals surface area contributed by atoms with Gasteiger partial charge in [-0.3, -0.25) is 4.68 Å². The molecule has 114 valence electrons. The molecule has 1 N–H and O–H groups in total. The van der Waals surface area contributed by atoms with E-state index in [4.69, 9.17) is 0 Å². The Bertz CT molecular complexity index is 557. The minimum atomic E-state index is 0.522. The molecule has 0 radical (unpaired) electrons. The third-order valence-corrected chi connectivity index (χ3v) is 3.96. The Morgan fingerprint density at radius 3 is 2.67 bits per heavy atom. The zero-order valence-electron chi connectivity index (χ0n) is 13.6. The molecule has 2 aromatic rings. The van der Waals surface area contributed by atoms with Crippen molar-refractivity contribution in [1.29, 1.82) is 0 Å². The van der Waals surface area contributed by atoms with Crippen molar-refractivity contribution in [3.63, 3.8) is 0 Å². The topological polar surface area (TPSA) is 29.9 Å². The highest BCUT2D eigenvalue weighted by atomic mass is 15.2. The third-order valence-electron chi connectivity index (χ3n) is 3.96. The first kappa shape index (κ1) is 15.8. The molecule has 0 saturated carbocycles. The number of nitrogens with one attached hydrogen (secondary N) is 1. The minimum absolute atomic E-state index is 0.522. The molecule has 0 aliphatic carbocycles. The van der Waals surface area contributed by atoms with Gasteiger partial charge in [-0.2, -0.15) is 5.10 Å². The summed E-state index contributed by atoms with van der Waals surface area (Å²) in [4.78, 5) is 0. The standard InChI is InChI=1S/C18H27N3/c1-14(2)19-13-17(16-7-5-6-15(3)12-16)8-9-18-10-11-20-21(18)4/h5-7,10-12,14,17,19H,8-9,13H2,1-4H3. The molecule has 1 aromatic heterocycles. The molecule has 1 unspecified atom stereocenters. The molecule has 3 nitrogen and oxygen atoms in total. The van der Waals surface area contributed by atoms with E-state index in [1.165, 1.54) is 16.8 Å². The summed E-state index contributed by atoms with van der Waals surface area (Å²) in [5.74, 6) is 0.544. The van der Waals surface area contributed by atoms with Gasteiger partial charge in [0.15, 0.2) is 0 Å². The van der Waals surface area contributed by atoms with Gasteiger partial charge in [0.05, 0.1) is 0 Å². The lowest BCUT2D eigenvalue weighted by Crippen LogP contribution is -2.28. The Labute approximate surface area is 128 Å². The van der Waals surface area contributed by atoms with Gasteiger partial charge in [-0.25, -0.2) is 0 Å². The van der Waals surface area contributed by atoms with E-state index in [0.717, 1.165) is 19.4 Å². The summed E-state index contributed by atoms with van der Waals surface area (Å²) in [6.45, 7) is 7.60. The Kier molecular flexibility index (Phi) is 5.57. The first-order valence-corrected chi connectivity index (χ1v) is 7.83. The fourth-order valence-corrected chi connectivity index (χ4v) is 2.66. The second-order valence-electron chi connectivity index (χ2n) is 6.16. The van der Waals surface area contributed by atoms with Gasteiger partial charge in [-0.15, -0.1) is 0 Å². The van der Waals surface area contributed by atoms with Gasteiger partial charge in [0, 0.05) is 31.5 Å². The molecule has 3 heteroatoms. The van der Waals surface area contributed by atoms with Crippen LogP contribution < -0.4 is 5.32 Å². The second kappa shape index (κ2) is 7.41. The van der Waals surface area contributed by atoms with Gasteiger partial charge in [0.2, 0.25) is 0 Å². The van der Waals surface area contributed by atoms with Crippen molar-refractivity contribution >= 4 is 0 Å². The molecule has 0 aliphatic rings. The molecule has 0 fully saturated rings. The normalized spacial score (nSPS) is 12.8. The molecular weight excluding hydrogens is 258 g/mol. The number of benzene rings is 1. The van der Waals surface area contributed by atoms with E-state index in [9.17, 15) is 0 Å². The van der Waals surface area contributed by atoms with E-state index in [-0.39, 0.29) is 0 Å². The highest BCUT2D eigenvalue weighted by Gasteiger charge is 2.13. The Morgan fingerprint density at radius 2 is 2.05 bits per heavy atom. The Morgan fingerprint density at radius 1 is 1.24 bits per heavy atom. The van der Waals surface area contributed by atoms with Crippen LogP contribution in [0.1, 0.15) is 43.0 Å². The quantitative estimate of drug-likeness (QED) is 0.844. The molecular formula is C18H27N3. The number of hydrogen-bond acceptors (Lipinski definition) is 2. The molecule has 0 spiro atoms. The first-order chi connectivity index (χ1) is 10.1. The van der Waals surface area contributed by atoms with E-state index in [1.54, 1.807) is 0 Å². The molecule has 1 atom stereocenters. The second-order valence-corrected chi connectivity index (χ2v) is 6.16. The maximum atomic E-state index is 4.26. The van der Waals surface area contributed by atoms with Crippen LogP contribution in [0, 0.1) is 6.92 Å². The maximum absolute atomic E-state index is 4.26. The highest BCUT2D eigenvalue weighted by Crippen LogP contribution is 2.22. The predicted molar refractivity (Wildman–Crippen MR) is 88.6 cm³/mol. The molecule has 0 bridgehead atoms. The van der Waals surface area contributed by atoms with Gasteiger partial charge < -0.3 is 5.32 Å². The fourth-order valence-electron chi connectivity index (χ4n) is 2.66. The van der Waals surface area contributed by atoms with Crippen molar-refractivity contribution in [2.24, 2.45) is 7.05 Å². The van der Waals surface area contributed by atoms with Crippen molar-refractivity contribution in [1.82, 2.24) is 15.1 Å². The SMILES string of the molecule is Cc1cccc(C(CCc2ccnn2C)CNC(C)C)c1. The smallest absolute Gasteiger partial charge is 0.0492 e. The molecule has 1 aromatic carbocycles. The van der Waals surface area contributed by atoms with Crippen LogP contribution in [-0.4, -0.2) is 22.4 Å². The first-order valence-electron chi connectivity index (χ1n) is 7.83. The van der Waals surface area contributed by atoms with Gasteiger partial charge in [0.1, 0.15) is 0 Å². The van der Waals surface area contributed by atoms with Crippen molar-refractivity contribution in [3.8, 4) is 0 Å². The molecule has 0 aliphatic heterocycles. The summed E-state index contributed by atoms with van der Waals surface area (Å²) in [5.41, 5.74) is 4.07. The van der Waals surface area contributed by atoms with Crippen LogP contribution in [-0.2, 0) is 13.5 Å². The monoisotopic (exact) mass is 285 g/mol. The average molecular weight is 285 g/mol. The Balaban J connectivity index is 2.06.